The zero-order chi connectivity index (χ0) is 17.1. The Morgan fingerprint density at radius 2 is 2.04 bits per heavy atom. The van der Waals surface area contributed by atoms with Crippen molar-refractivity contribution in [2.24, 2.45) is 0 Å². The summed E-state index contributed by atoms with van der Waals surface area (Å²) in [5.74, 6) is -0.722. The highest BCUT2D eigenvalue weighted by Gasteiger charge is 2.12. The molecule has 0 saturated carbocycles. The molecule has 0 amide bonds. The summed E-state index contributed by atoms with van der Waals surface area (Å²) < 4.78 is 20.2. The predicted molar refractivity (Wildman–Crippen MR) is 90.6 cm³/mol. The molecule has 0 aliphatic carbocycles. The molecule has 3 rings (SSSR count). The second kappa shape index (κ2) is 6.58. The lowest BCUT2D eigenvalue weighted by Gasteiger charge is -2.10. The number of carbonyl (C=O) groups excluding carboxylic acids is 1. The lowest BCUT2D eigenvalue weighted by molar-refractivity contribution is -0.137. The van der Waals surface area contributed by atoms with Gasteiger partial charge in [-0.3, -0.25) is 0 Å². The first-order valence-corrected chi connectivity index (χ1v) is 7.54. The van der Waals surface area contributed by atoms with Gasteiger partial charge in [-0.1, -0.05) is 12.1 Å². The van der Waals surface area contributed by atoms with Crippen molar-refractivity contribution in [3.05, 3.63) is 66.1 Å². The molecular formula is C19H16FNO3. The number of hydrogen-bond donors (Lipinski definition) is 1. The van der Waals surface area contributed by atoms with E-state index < -0.39 is 5.97 Å². The summed E-state index contributed by atoms with van der Waals surface area (Å²) in [5.41, 5.74) is 1.90. The van der Waals surface area contributed by atoms with Crippen molar-refractivity contribution in [1.29, 1.82) is 0 Å². The van der Waals surface area contributed by atoms with Gasteiger partial charge in [0, 0.05) is 17.2 Å². The monoisotopic (exact) mass is 325 g/mol. The van der Waals surface area contributed by atoms with Crippen molar-refractivity contribution < 1.29 is 19.0 Å². The first-order chi connectivity index (χ1) is 11.6. The molecule has 24 heavy (non-hydrogen) atoms. The molecule has 0 atom stereocenters. The van der Waals surface area contributed by atoms with Crippen LogP contribution < -0.4 is 0 Å². The summed E-state index contributed by atoms with van der Waals surface area (Å²) in [6.45, 7) is 2.02. The maximum Gasteiger partial charge on any atom is 0.330 e. The number of halogens is 1. The summed E-state index contributed by atoms with van der Waals surface area (Å²) in [6.07, 6.45) is 2.90. The molecule has 0 fully saturated rings. The van der Waals surface area contributed by atoms with Gasteiger partial charge in [-0.25, -0.2) is 9.18 Å². The molecule has 0 saturated heterocycles. The zero-order valence-electron chi connectivity index (χ0n) is 13.1. The summed E-state index contributed by atoms with van der Waals surface area (Å²) in [5, 5.41) is 10.8. The molecule has 1 N–H and O–H groups in total. The highest BCUT2D eigenvalue weighted by Crippen LogP contribution is 2.30. The van der Waals surface area contributed by atoms with E-state index in [9.17, 15) is 14.3 Å². The lowest BCUT2D eigenvalue weighted by atomic mass is 10.2. The molecule has 5 heteroatoms. The predicted octanol–water partition coefficient (Wildman–Crippen LogP) is 4.05. The van der Waals surface area contributed by atoms with E-state index in [0.717, 1.165) is 5.52 Å². The van der Waals surface area contributed by atoms with Gasteiger partial charge in [-0.15, -0.1) is 0 Å². The molecule has 0 bridgehead atoms. The van der Waals surface area contributed by atoms with Crippen LogP contribution >= 0.6 is 0 Å². The molecule has 0 aliphatic rings. The molecule has 0 spiro atoms. The van der Waals surface area contributed by atoms with E-state index in [1.165, 1.54) is 18.2 Å². The number of hydrogen-bond acceptors (Lipinski definition) is 3. The number of para-hydroxylation sites is 2. The van der Waals surface area contributed by atoms with Crippen molar-refractivity contribution in [2.45, 2.75) is 6.92 Å². The number of aromatic hydroxyl groups is 1. The Balaban J connectivity index is 2.19. The van der Waals surface area contributed by atoms with E-state index in [1.54, 1.807) is 54.0 Å². The van der Waals surface area contributed by atoms with Crippen LogP contribution in [-0.2, 0) is 9.53 Å². The maximum absolute atomic E-state index is 13.5. The summed E-state index contributed by atoms with van der Waals surface area (Å²) in [4.78, 5) is 11.6. The Labute approximate surface area is 138 Å². The van der Waals surface area contributed by atoms with Gasteiger partial charge in [0.1, 0.15) is 11.6 Å². The fraction of sp³-hybridized carbons (Fsp3) is 0.105. The number of phenols is 1. The van der Waals surface area contributed by atoms with Crippen molar-refractivity contribution in [3.63, 3.8) is 0 Å². The van der Waals surface area contributed by atoms with E-state index in [-0.39, 0.29) is 18.2 Å². The van der Waals surface area contributed by atoms with Crippen LogP contribution in [0.2, 0.25) is 0 Å². The van der Waals surface area contributed by atoms with Gasteiger partial charge < -0.3 is 14.4 Å². The van der Waals surface area contributed by atoms with Gasteiger partial charge in [0.25, 0.3) is 0 Å². The van der Waals surface area contributed by atoms with Crippen LogP contribution in [0.15, 0.2) is 54.6 Å². The first kappa shape index (κ1) is 15.8. The smallest absolute Gasteiger partial charge is 0.330 e. The number of fused-ring (bicyclic) bond motifs is 1. The zero-order valence-corrected chi connectivity index (χ0v) is 13.1. The number of phenolic OH excluding ortho intramolecular Hbond substituents is 1. The highest BCUT2D eigenvalue weighted by molar-refractivity contribution is 5.91. The number of carbonyl (C=O) groups is 1. The molecule has 0 radical (unpaired) electrons. The lowest BCUT2D eigenvalue weighted by Crippen LogP contribution is -2.00. The molecule has 2 aromatic carbocycles. The topological polar surface area (TPSA) is 51.5 Å². The fourth-order valence-corrected chi connectivity index (χ4v) is 2.60. The van der Waals surface area contributed by atoms with Gasteiger partial charge in [0.05, 0.1) is 17.8 Å². The second-order valence-electron chi connectivity index (χ2n) is 5.18. The van der Waals surface area contributed by atoms with Crippen LogP contribution in [-0.4, -0.2) is 22.2 Å². The maximum atomic E-state index is 13.5. The Bertz CT molecular complexity index is 928. The van der Waals surface area contributed by atoms with E-state index in [0.29, 0.717) is 16.8 Å². The molecule has 3 aromatic rings. The number of esters is 1. The molecule has 1 aromatic heterocycles. The third kappa shape index (κ3) is 3.01. The van der Waals surface area contributed by atoms with Crippen LogP contribution in [0.5, 0.6) is 5.75 Å². The largest absolute Gasteiger partial charge is 0.506 e. The Hall–Kier alpha value is -3.08. The molecule has 1 heterocycles. The average Bonchev–Trinajstić information content (AvgIpc) is 2.91. The number of ether oxygens (including phenoxy) is 1. The quantitative estimate of drug-likeness (QED) is 0.581. The molecule has 4 nitrogen and oxygen atoms in total. The van der Waals surface area contributed by atoms with Crippen molar-refractivity contribution >= 4 is 22.9 Å². The van der Waals surface area contributed by atoms with Gasteiger partial charge in [0.15, 0.2) is 0 Å². The van der Waals surface area contributed by atoms with Crippen molar-refractivity contribution in [1.82, 2.24) is 4.57 Å². The van der Waals surface area contributed by atoms with E-state index in [2.05, 4.69) is 0 Å². The van der Waals surface area contributed by atoms with Crippen LogP contribution in [0.25, 0.3) is 22.7 Å². The summed E-state index contributed by atoms with van der Waals surface area (Å²) in [6, 6.07) is 13.0. The summed E-state index contributed by atoms with van der Waals surface area (Å²) >= 11 is 0. The Morgan fingerprint density at radius 3 is 2.79 bits per heavy atom. The highest BCUT2D eigenvalue weighted by atomic mass is 19.1. The third-order valence-electron chi connectivity index (χ3n) is 3.59. The molecular weight excluding hydrogens is 309 g/mol. The van der Waals surface area contributed by atoms with Gasteiger partial charge in [-0.2, -0.15) is 0 Å². The Morgan fingerprint density at radius 1 is 1.25 bits per heavy atom. The van der Waals surface area contributed by atoms with Crippen LogP contribution in [0.4, 0.5) is 4.39 Å². The minimum absolute atomic E-state index is 0.0881. The third-order valence-corrected chi connectivity index (χ3v) is 3.59. The van der Waals surface area contributed by atoms with Gasteiger partial charge in [0.2, 0.25) is 0 Å². The van der Waals surface area contributed by atoms with Gasteiger partial charge in [-0.05, 0) is 49.4 Å². The van der Waals surface area contributed by atoms with Crippen molar-refractivity contribution in [3.8, 4) is 11.4 Å². The van der Waals surface area contributed by atoms with E-state index in [1.807, 2.05) is 0 Å². The van der Waals surface area contributed by atoms with Crippen LogP contribution in [0.1, 0.15) is 12.6 Å². The first-order valence-electron chi connectivity index (χ1n) is 7.54. The minimum Gasteiger partial charge on any atom is -0.506 e. The summed E-state index contributed by atoms with van der Waals surface area (Å²) in [7, 11) is 0. The second-order valence-corrected chi connectivity index (χ2v) is 5.18. The molecule has 0 unspecified atom stereocenters. The Kier molecular flexibility index (Phi) is 4.33. The molecule has 0 aliphatic heterocycles. The standard InChI is InChI=1S/C19H16FNO3/c1-2-24-19(23)10-8-15-12-13-11-14(20)7-9-16(13)21(15)17-5-3-4-6-18(17)22/h3-12,22H,2H2,1H3/b10-8-. The van der Waals surface area contributed by atoms with Crippen molar-refractivity contribution in [2.75, 3.05) is 6.61 Å². The van der Waals surface area contributed by atoms with E-state index in [4.69, 9.17) is 4.74 Å². The number of nitrogens with zero attached hydrogens (tertiary/aromatic N) is 1. The minimum atomic E-state index is -0.460. The number of rotatable bonds is 4. The average molecular weight is 325 g/mol. The normalized spacial score (nSPS) is 11.2. The number of benzene rings is 2. The van der Waals surface area contributed by atoms with E-state index >= 15 is 0 Å². The van der Waals surface area contributed by atoms with Crippen LogP contribution in [0, 0.1) is 5.82 Å². The SMILES string of the molecule is CCOC(=O)/C=C\c1cc2cc(F)ccc2n1-c1ccccc1O. The van der Waals surface area contributed by atoms with Gasteiger partial charge >= 0.3 is 5.97 Å². The fourth-order valence-electron chi connectivity index (χ4n) is 2.60. The number of aromatic nitrogens is 1. The van der Waals surface area contributed by atoms with Crippen LogP contribution in [0.3, 0.4) is 0 Å². The molecule has 122 valence electrons.